The number of halogens is 1. The number of carbonyl (C=O) groups is 1. The summed E-state index contributed by atoms with van der Waals surface area (Å²) in [5, 5.41) is 11.1. The minimum Gasteiger partial charge on any atom is -0.465 e. The average molecular weight is 289 g/mol. The topological polar surface area (TPSA) is 62.7 Å². The van der Waals surface area contributed by atoms with Crippen molar-refractivity contribution in [2.24, 2.45) is 5.92 Å². The molecule has 1 N–H and O–H groups in total. The van der Waals surface area contributed by atoms with E-state index in [0.29, 0.717) is 29.0 Å². The van der Waals surface area contributed by atoms with Gasteiger partial charge in [-0.05, 0) is 18.8 Å². The molecule has 1 aliphatic heterocycles. The number of hydrogen-bond acceptors (Lipinski definition) is 6. The lowest BCUT2D eigenvalue weighted by Gasteiger charge is -2.46. The first-order valence-corrected chi connectivity index (χ1v) is 6.95. The van der Waals surface area contributed by atoms with Crippen LogP contribution in [0.3, 0.4) is 0 Å². The fourth-order valence-corrected chi connectivity index (χ4v) is 3.47. The highest BCUT2D eigenvalue weighted by Crippen LogP contribution is 2.46. The number of methoxy groups -OCH3 is 1. The summed E-state index contributed by atoms with van der Waals surface area (Å²) in [4.78, 5) is 17.8. The maximum atomic E-state index is 11.4. The molecule has 18 heavy (non-hydrogen) atoms. The van der Waals surface area contributed by atoms with E-state index in [2.05, 4.69) is 9.72 Å². The van der Waals surface area contributed by atoms with Gasteiger partial charge in [0.2, 0.25) is 0 Å². The molecule has 0 radical (unpaired) electrons. The number of carbonyl (C=O) groups excluding carboxylic acids is 1. The van der Waals surface area contributed by atoms with Gasteiger partial charge in [-0.3, -0.25) is 0 Å². The normalized spacial score (nSPS) is 21.6. The van der Waals surface area contributed by atoms with Gasteiger partial charge in [-0.15, -0.1) is 0 Å². The highest BCUT2D eigenvalue weighted by molar-refractivity contribution is 7.18. The molecule has 1 aromatic heterocycles. The Morgan fingerprint density at radius 1 is 1.61 bits per heavy atom. The van der Waals surface area contributed by atoms with Crippen molar-refractivity contribution < 1.29 is 14.6 Å². The van der Waals surface area contributed by atoms with E-state index in [1.54, 1.807) is 0 Å². The zero-order chi connectivity index (χ0) is 12.9. The van der Waals surface area contributed by atoms with Crippen LogP contribution in [0.2, 0.25) is 5.15 Å². The fourth-order valence-electron chi connectivity index (χ4n) is 2.27. The SMILES string of the molecule is COC(=O)c1sc(N2CC(O)(C3CC3)C2)nc1Cl. The van der Waals surface area contributed by atoms with Crippen molar-refractivity contribution in [2.45, 2.75) is 18.4 Å². The standard InChI is InChI=1S/C11H13ClN2O3S/c1-17-9(15)7-8(12)13-10(18-7)14-4-11(16,5-14)6-2-3-6/h6,16H,2-5H2,1H3. The van der Waals surface area contributed by atoms with Gasteiger partial charge in [-0.1, -0.05) is 22.9 Å². The number of nitrogens with zero attached hydrogens (tertiary/aromatic N) is 2. The minimum atomic E-state index is -0.566. The quantitative estimate of drug-likeness (QED) is 0.855. The summed E-state index contributed by atoms with van der Waals surface area (Å²) in [7, 11) is 1.31. The lowest BCUT2D eigenvalue weighted by Crippen LogP contribution is -2.63. The Hall–Kier alpha value is -0.850. The lowest BCUT2D eigenvalue weighted by molar-refractivity contribution is -0.00932. The van der Waals surface area contributed by atoms with Crippen molar-refractivity contribution in [3.63, 3.8) is 0 Å². The Morgan fingerprint density at radius 3 is 2.83 bits per heavy atom. The molecule has 2 heterocycles. The van der Waals surface area contributed by atoms with Crippen LogP contribution in [0.25, 0.3) is 0 Å². The van der Waals surface area contributed by atoms with Crippen LogP contribution in [0.15, 0.2) is 0 Å². The van der Waals surface area contributed by atoms with Crippen molar-refractivity contribution in [3.05, 3.63) is 10.0 Å². The summed E-state index contributed by atoms with van der Waals surface area (Å²) in [5.74, 6) is -0.0361. The fraction of sp³-hybridized carbons (Fsp3) is 0.636. The molecule has 0 bridgehead atoms. The number of aromatic nitrogens is 1. The monoisotopic (exact) mass is 288 g/mol. The van der Waals surface area contributed by atoms with Crippen LogP contribution in [0, 0.1) is 5.92 Å². The maximum absolute atomic E-state index is 11.4. The zero-order valence-electron chi connectivity index (χ0n) is 9.85. The Kier molecular flexibility index (Phi) is 2.76. The average Bonchev–Trinajstić information content (AvgIpc) is 3.08. The van der Waals surface area contributed by atoms with Gasteiger partial charge in [-0.25, -0.2) is 9.78 Å². The van der Waals surface area contributed by atoms with E-state index >= 15 is 0 Å². The first-order chi connectivity index (χ1) is 8.53. The second-order valence-electron chi connectivity index (χ2n) is 4.84. The Balaban J connectivity index is 1.73. The second kappa shape index (κ2) is 4.08. The van der Waals surface area contributed by atoms with Crippen molar-refractivity contribution >= 4 is 34.0 Å². The highest BCUT2D eigenvalue weighted by atomic mass is 35.5. The summed E-state index contributed by atoms with van der Waals surface area (Å²) in [5.41, 5.74) is -0.566. The van der Waals surface area contributed by atoms with Crippen molar-refractivity contribution in [1.82, 2.24) is 4.98 Å². The molecule has 0 amide bonds. The number of esters is 1. The minimum absolute atomic E-state index is 0.170. The largest absolute Gasteiger partial charge is 0.465 e. The number of rotatable bonds is 3. The van der Waals surface area contributed by atoms with Gasteiger partial charge >= 0.3 is 5.97 Å². The van der Waals surface area contributed by atoms with Crippen LogP contribution in [-0.2, 0) is 4.74 Å². The molecule has 7 heteroatoms. The van der Waals surface area contributed by atoms with Gasteiger partial charge < -0.3 is 14.7 Å². The molecule has 2 aliphatic rings. The van der Waals surface area contributed by atoms with Gasteiger partial charge in [0.05, 0.1) is 20.2 Å². The number of anilines is 1. The number of hydrogen-bond donors (Lipinski definition) is 1. The van der Waals surface area contributed by atoms with Gasteiger partial charge in [0.1, 0.15) is 5.60 Å². The predicted molar refractivity (Wildman–Crippen MR) is 68.4 cm³/mol. The van der Waals surface area contributed by atoms with Crippen LogP contribution in [-0.4, -0.2) is 41.9 Å². The number of β-amino-alcohol motifs (C(OH)–C–C–N with tert-alkyl or cyclic N) is 1. The van der Waals surface area contributed by atoms with Gasteiger partial charge in [0, 0.05) is 0 Å². The Labute approximate surface area is 113 Å². The first-order valence-electron chi connectivity index (χ1n) is 5.75. The Bertz CT molecular complexity index is 494. The van der Waals surface area contributed by atoms with E-state index in [1.807, 2.05) is 4.90 Å². The second-order valence-corrected chi connectivity index (χ2v) is 6.18. The van der Waals surface area contributed by atoms with E-state index < -0.39 is 11.6 Å². The molecule has 3 rings (SSSR count). The van der Waals surface area contributed by atoms with E-state index in [-0.39, 0.29) is 5.15 Å². The predicted octanol–water partition coefficient (Wildman–Crippen LogP) is 1.54. The molecule has 98 valence electrons. The van der Waals surface area contributed by atoms with Gasteiger partial charge in [0.25, 0.3) is 0 Å². The van der Waals surface area contributed by atoms with Crippen molar-refractivity contribution in [1.29, 1.82) is 0 Å². The van der Waals surface area contributed by atoms with Crippen LogP contribution >= 0.6 is 22.9 Å². The molecule has 1 aromatic rings. The molecule has 1 aliphatic carbocycles. The Morgan fingerprint density at radius 2 is 2.28 bits per heavy atom. The van der Waals surface area contributed by atoms with Crippen molar-refractivity contribution in [3.8, 4) is 0 Å². The van der Waals surface area contributed by atoms with E-state index in [1.165, 1.54) is 18.4 Å². The molecule has 0 spiro atoms. The van der Waals surface area contributed by atoms with E-state index in [4.69, 9.17) is 11.6 Å². The third-order valence-corrected chi connectivity index (χ3v) is 4.96. The third kappa shape index (κ3) is 1.88. The van der Waals surface area contributed by atoms with Crippen LogP contribution < -0.4 is 4.90 Å². The highest BCUT2D eigenvalue weighted by Gasteiger charge is 2.52. The van der Waals surface area contributed by atoms with E-state index in [9.17, 15) is 9.90 Å². The summed E-state index contributed by atoms with van der Waals surface area (Å²) in [6.45, 7) is 1.14. The summed E-state index contributed by atoms with van der Waals surface area (Å²) >= 11 is 7.11. The lowest BCUT2D eigenvalue weighted by atomic mass is 9.89. The summed E-state index contributed by atoms with van der Waals surface area (Å²) < 4.78 is 4.63. The molecule has 0 atom stereocenters. The van der Waals surface area contributed by atoms with Gasteiger partial charge in [-0.2, -0.15) is 0 Å². The molecule has 0 aromatic carbocycles. The number of thiazole rings is 1. The maximum Gasteiger partial charge on any atom is 0.351 e. The number of aliphatic hydroxyl groups is 1. The number of ether oxygens (including phenoxy) is 1. The molecule has 2 fully saturated rings. The smallest absolute Gasteiger partial charge is 0.351 e. The molecular weight excluding hydrogens is 276 g/mol. The van der Waals surface area contributed by atoms with E-state index in [0.717, 1.165) is 12.8 Å². The molecule has 1 saturated carbocycles. The van der Waals surface area contributed by atoms with Crippen LogP contribution in [0.5, 0.6) is 0 Å². The van der Waals surface area contributed by atoms with Crippen molar-refractivity contribution in [2.75, 3.05) is 25.1 Å². The van der Waals surface area contributed by atoms with Crippen LogP contribution in [0.4, 0.5) is 5.13 Å². The summed E-state index contributed by atoms with van der Waals surface area (Å²) in [6, 6.07) is 0. The molecule has 0 unspecified atom stereocenters. The summed E-state index contributed by atoms with van der Waals surface area (Å²) in [6.07, 6.45) is 2.22. The third-order valence-electron chi connectivity index (χ3n) is 3.48. The van der Waals surface area contributed by atoms with Crippen LogP contribution in [0.1, 0.15) is 22.5 Å². The molecule has 1 saturated heterocycles. The van der Waals surface area contributed by atoms with Gasteiger partial charge in [0.15, 0.2) is 15.2 Å². The molecular formula is C11H13ClN2O3S. The zero-order valence-corrected chi connectivity index (χ0v) is 11.4. The first kappa shape index (κ1) is 12.2. The molecule has 5 nitrogen and oxygen atoms in total.